The number of fused-ring (bicyclic) bond motifs is 1. The molecule has 25 heavy (non-hydrogen) atoms. The first-order valence-electron chi connectivity index (χ1n) is 8.84. The smallest absolute Gasteiger partial charge is 0.229 e. The number of carbonyl (C=O) groups is 2. The van der Waals surface area contributed by atoms with Gasteiger partial charge in [0.05, 0.1) is 17.1 Å². The van der Waals surface area contributed by atoms with Crippen LogP contribution in [0.5, 0.6) is 0 Å². The number of carbonyl (C=O) groups excluding carboxylic acids is 2. The van der Waals surface area contributed by atoms with E-state index in [-0.39, 0.29) is 23.7 Å². The zero-order chi connectivity index (χ0) is 18.1. The molecular weight excluding hydrogens is 314 g/mol. The van der Waals surface area contributed by atoms with Gasteiger partial charge in [-0.25, -0.2) is 0 Å². The lowest BCUT2D eigenvalue weighted by molar-refractivity contribution is -0.128. The van der Waals surface area contributed by atoms with Gasteiger partial charge in [-0.3, -0.25) is 14.6 Å². The van der Waals surface area contributed by atoms with E-state index in [9.17, 15) is 9.59 Å². The topological polar surface area (TPSA) is 62.3 Å². The summed E-state index contributed by atoms with van der Waals surface area (Å²) in [5, 5.41) is 4.12. The number of benzene rings is 1. The Balaban J connectivity index is 1.96. The highest BCUT2D eigenvalue weighted by Crippen LogP contribution is 2.34. The summed E-state index contributed by atoms with van der Waals surface area (Å²) in [4.78, 5) is 30.8. The molecule has 1 atom stereocenters. The second-order valence-electron chi connectivity index (χ2n) is 7.10. The van der Waals surface area contributed by atoms with Gasteiger partial charge < -0.3 is 10.2 Å². The van der Waals surface area contributed by atoms with Gasteiger partial charge in [0.1, 0.15) is 0 Å². The molecule has 0 saturated carbocycles. The monoisotopic (exact) mass is 339 g/mol. The van der Waals surface area contributed by atoms with Gasteiger partial charge in [-0.1, -0.05) is 32.0 Å². The van der Waals surface area contributed by atoms with Gasteiger partial charge in [0.25, 0.3) is 0 Å². The maximum Gasteiger partial charge on any atom is 0.229 e. The number of pyridine rings is 1. The number of amides is 2. The fraction of sp³-hybridized carbons (Fsp3) is 0.450. The average molecular weight is 339 g/mol. The third-order valence-corrected chi connectivity index (χ3v) is 4.95. The number of aryl methyl sites for hydroxylation is 1. The maximum absolute atomic E-state index is 12.8. The number of aromatic nitrogens is 1. The Labute approximate surface area is 148 Å². The number of para-hydroxylation sites is 1. The summed E-state index contributed by atoms with van der Waals surface area (Å²) in [7, 11) is 0. The van der Waals surface area contributed by atoms with Crippen molar-refractivity contribution in [2.24, 2.45) is 5.92 Å². The van der Waals surface area contributed by atoms with Gasteiger partial charge in [-0.15, -0.1) is 0 Å². The van der Waals surface area contributed by atoms with E-state index in [0.29, 0.717) is 19.5 Å². The predicted molar refractivity (Wildman–Crippen MR) is 99.6 cm³/mol. The Bertz CT molecular complexity index is 829. The van der Waals surface area contributed by atoms with E-state index in [1.807, 2.05) is 31.2 Å². The zero-order valence-electron chi connectivity index (χ0n) is 15.3. The van der Waals surface area contributed by atoms with Crippen LogP contribution in [0.1, 0.15) is 44.4 Å². The molecule has 0 spiro atoms. The Morgan fingerprint density at radius 2 is 2.00 bits per heavy atom. The maximum atomic E-state index is 12.8. The summed E-state index contributed by atoms with van der Waals surface area (Å²) in [6.45, 7) is 8.92. The van der Waals surface area contributed by atoms with E-state index < -0.39 is 0 Å². The van der Waals surface area contributed by atoms with Crippen molar-refractivity contribution < 1.29 is 9.59 Å². The number of nitrogens with one attached hydrogen (secondary N) is 1. The summed E-state index contributed by atoms with van der Waals surface area (Å²) < 4.78 is 0. The summed E-state index contributed by atoms with van der Waals surface area (Å²) in [5.41, 5.74) is 3.77. The number of nitrogens with zero attached hydrogens (tertiary/aromatic N) is 2. The van der Waals surface area contributed by atoms with Crippen molar-refractivity contribution >= 4 is 28.4 Å². The molecule has 5 nitrogen and oxygen atoms in total. The minimum absolute atomic E-state index is 0.0126. The first kappa shape index (κ1) is 17.4. The molecule has 1 aromatic heterocycles. The third-order valence-electron chi connectivity index (χ3n) is 4.95. The number of hydrogen-bond donors (Lipinski definition) is 1. The Hall–Kier alpha value is -2.43. The lowest BCUT2D eigenvalue weighted by atomic mass is 9.96. The van der Waals surface area contributed by atoms with Gasteiger partial charge in [0.15, 0.2) is 0 Å². The molecule has 0 bridgehead atoms. The van der Waals surface area contributed by atoms with E-state index in [4.69, 9.17) is 4.98 Å². The summed E-state index contributed by atoms with van der Waals surface area (Å²) in [6, 6.07) is 7.89. The molecule has 1 aliphatic heterocycles. The fourth-order valence-corrected chi connectivity index (χ4v) is 3.68. The highest BCUT2D eigenvalue weighted by atomic mass is 16.2. The van der Waals surface area contributed by atoms with Crippen molar-refractivity contribution in [3.05, 3.63) is 35.5 Å². The second-order valence-corrected chi connectivity index (χ2v) is 7.10. The number of rotatable bonds is 3. The second kappa shape index (κ2) is 6.82. The van der Waals surface area contributed by atoms with Crippen LogP contribution in [0, 0.1) is 12.8 Å². The van der Waals surface area contributed by atoms with Crippen LogP contribution >= 0.6 is 0 Å². The summed E-state index contributed by atoms with van der Waals surface area (Å²) in [5.74, 6) is 0.116. The van der Waals surface area contributed by atoms with Gasteiger partial charge in [0, 0.05) is 36.7 Å². The van der Waals surface area contributed by atoms with Crippen molar-refractivity contribution in [2.45, 2.75) is 40.0 Å². The van der Waals surface area contributed by atoms with E-state index in [1.54, 1.807) is 11.8 Å². The molecule has 0 radical (unpaired) electrons. The van der Waals surface area contributed by atoms with Crippen LogP contribution in [0.15, 0.2) is 24.3 Å². The third kappa shape index (κ3) is 3.36. The lowest BCUT2D eigenvalue weighted by Gasteiger charge is -2.20. The molecule has 1 unspecified atom stereocenters. The Morgan fingerprint density at radius 1 is 1.28 bits per heavy atom. The molecule has 1 fully saturated rings. The standard InChI is InChI=1S/C20H25N3O2/c1-12(2)18-13(3)21-17-8-6-5-7-16(17)19(18)22-20(25)15-9-10-23(11-15)14(4)24/h5-8,12,15H,9-11H2,1-4H3,(H,21,22,25). The molecule has 1 aliphatic rings. The molecule has 1 saturated heterocycles. The molecule has 2 aromatic rings. The molecule has 132 valence electrons. The van der Waals surface area contributed by atoms with Gasteiger partial charge >= 0.3 is 0 Å². The van der Waals surface area contributed by atoms with E-state index >= 15 is 0 Å². The SMILES string of the molecule is CC(=O)N1CCC(C(=O)Nc2c(C(C)C)c(C)nc3ccccc23)C1. The zero-order valence-corrected chi connectivity index (χ0v) is 15.3. The molecule has 5 heteroatoms. The van der Waals surface area contributed by atoms with Crippen LogP contribution in [0.4, 0.5) is 5.69 Å². The minimum atomic E-state index is -0.156. The molecule has 1 N–H and O–H groups in total. The summed E-state index contributed by atoms with van der Waals surface area (Å²) in [6.07, 6.45) is 0.713. The number of hydrogen-bond acceptors (Lipinski definition) is 3. The molecule has 0 aliphatic carbocycles. The molecular formula is C20H25N3O2. The largest absolute Gasteiger partial charge is 0.342 e. The fourth-order valence-electron chi connectivity index (χ4n) is 3.68. The van der Waals surface area contributed by atoms with Crippen LogP contribution in [0.25, 0.3) is 10.9 Å². The predicted octanol–water partition coefficient (Wildman–Crippen LogP) is 3.47. The van der Waals surface area contributed by atoms with Crippen molar-refractivity contribution in [3.8, 4) is 0 Å². The Kier molecular flexibility index (Phi) is 4.75. The highest BCUT2D eigenvalue weighted by molar-refractivity contribution is 6.03. The number of anilines is 1. The quantitative estimate of drug-likeness (QED) is 0.931. The van der Waals surface area contributed by atoms with Crippen LogP contribution in [-0.2, 0) is 9.59 Å². The highest BCUT2D eigenvalue weighted by Gasteiger charge is 2.30. The van der Waals surface area contributed by atoms with Crippen molar-refractivity contribution in [1.29, 1.82) is 0 Å². The molecule has 2 amide bonds. The van der Waals surface area contributed by atoms with Crippen LogP contribution in [0.3, 0.4) is 0 Å². The van der Waals surface area contributed by atoms with Crippen molar-refractivity contribution in [1.82, 2.24) is 9.88 Å². The van der Waals surface area contributed by atoms with Crippen LogP contribution in [0.2, 0.25) is 0 Å². The van der Waals surface area contributed by atoms with Gasteiger partial charge in [-0.2, -0.15) is 0 Å². The normalized spacial score (nSPS) is 17.3. The average Bonchev–Trinajstić information content (AvgIpc) is 3.04. The van der Waals surface area contributed by atoms with Crippen LogP contribution in [-0.4, -0.2) is 34.8 Å². The van der Waals surface area contributed by atoms with Crippen molar-refractivity contribution in [2.75, 3.05) is 18.4 Å². The Morgan fingerprint density at radius 3 is 2.64 bits per heavy atom. The first-order valence-corrected chi connectivity index (χ1v) is 8.84. The number of likely N-dealkylation sites (tertiary alicyclic amines) is 1. The van der Waals surface area contributed by atoms with E-state index in [0.717, 1.165) is 27.8 Å². The lowest BCUT2D eigenvalue weighted by Crippen LogP contribution is -2.30. The first-order chi connectivity index (χ1) is 11.9. The molecule has 3 rings (SSSR count). The van der Waals surface area contributed by atoms with E-state index in [2.05, 4.69) is 19.2 Å². The van der Waals surface area contributed by atoms with Gasteiger partial charge in [-0.05, 0) is 25.3 Å². The molecule has 2 heterocycles. The van der Waals surface area contributed by atoms with Crippen LogP contribution < -0.4 is 5.32 Å². The minimum Gasteiger partial charge on any atom is -0.342 e. The van der Waals surface area contributed by atoms with Gasteiger partial charge in [0.2, 0.25) is 11.8 Å². The summed E-state index contributed by atoms with van der Waals surface area (Å²) >= 11 is 0. The van der Waals surface area contributed by atoms with E-state index in [1.165, 1.54) is 0 Å². The van der Waals surface area contributed by atoms with Crippen molar-refractivity contribution in [3.63, 3.8) is 0 Å². The molecule has 1 aromatic carbocycles.